The minimum atomic E-state index is -0.105. The number of nitrogens with two attached hydrogens (primary N) is 1. The van der Waals surface area contributed by atoms with Gasteiger partial charge in [0.05, 0.1) is 19.8 Å². The largest absolute Gasteiger partial charge is 0.493 e. The van der Waals surface area contributed by atoms with Gasteiger partial charge in [0, 0.05) is 11.0 Å². The van der Waals surface area contributed by atoms with Crippen LogP contribution >= 0.6 is 0 Å². The van der Waals surface area contributed by atoms with E-state index in [0.717, 1.165) is 38.4 Å². The van der Waals surface area contributed by atoms with E-state index in [9.17, 15) is 0 Å². The fourth-order valence-corrected chi connectivity index (χ4v) is 2.97. The molecule has 0 aromatic heterocycles. The van der Waals surface area contributed by atoms with Crippen molar-refractivity contribution in [2.75, 3.05) is 19.8 Å². The maximum atomic E-state index is 6.45. The van der Waals surface area contributed by atoms with Crippen LogP contribution in [0.5, 0.6) is 5.75 Å². The molecule has 1 aromatic carbocycles. The summed E-state index contributed by atoms with van der Waals surface area (Å²) < 4.78 is 11.1. The summed E-state index contributed by atoms with van der Waals surface area (Å²) in [7, 11) is 0. The van der Waals surface area contributed by atoms with Crippen molar-refractivity contribution < 1.29 is 9.47 Å². The van der Waals surface area contributed by atoms with Crippen LogP contribution in [-0.2, 0) is 10.3 Å². The standard InChI is InChI=1S/C16H23NO2/c1-15(10-18-11-15)12-19-14-6-4-13(5-7-14)16(17)8-2-3-9-16/h4-7H,2-3,8-12,17H2,1H3. The number of rotatable bonds is 4. The van der Waals surface area contributed by atoms with E-state index in [0.29, 0.717) is 0 Å². The minimum Gasteiger partial charge on any atom is -0.493 e. The molecular weight excluding hydrogens is 238 g/mol. The van der Waals surface area contributed by atoms with Gasteiger partial charge in [-0.1, -0.05) is 31.9 Å². The molecule has 2 N–H and O–H groups in total. The van der Waals surface area contributed by atoms with Crippen molar-refractivity contribution >= 4 is 0 Å². The average molecular weight is 261 g/mol. The molecular formula is C16H23NO2. The van der Waals surface area contributed by atoms with Crippen LogP contribution in [-0.4, -0.2) is 19.8 Å². The molecule has 3 heteroatoms. The van der Waals surface area contributed by atoms with Crippen LogP contribution in [0.25, 0.3) is 0 Å². The van der Waals surface area contributed by atoms with Gasteiger partial charge in [-0.2, -0.15) is 0 Å². The van der Waals surface area contributed by atoms with E-state index < -0.39 is 0 Å². The van der Waals surface area contributed by atoms with Gasteiger partial charge in [0.25, 0.3) is 0 Å². The number of hydrogen-bond acceptors (Lipinski definition) is 3. The van der Waals surface area contributed by atoms with Crippen LogP contribution in [0.1, 0.15) is 38.2 Å². The molecule has 0 bridgehead atoms. The van der Waals surface area contributed by atoms with Crippen molar-refractivity contribution in [2.24, 2.45) is 11.1 Å². The normalized spacial score (nSPS) is 23.9. The zero-order valence-corrected chi connectivity index (χ0v) is 11.7. The summed E-state index contributed by atoms with van der Waals surface area (Å²) in [6.45, 7) is 4.52. The van der Waals surface area contributed by atoms with E-state index in [1.807, 2.05) is 12.1 Å². The van der Waals surface area contributed by atoms with Gasteiger partial charge in [0.1, 0.15) is 5.75 Å². The first-order chi connectivity index (χ1) is 9.10. The first-order valence-corrected chi connectivity index (χ1v) is 7.20. The molecule has 2 fully saturated rings. The summed E-state index contributed by atoms with van der Waals surface area (Å²) in [6.07, 6.45) is 4.69. The highest BCUT2D eigenvalue weighted by atomic mass is 16.5. The number of benzene rings is 1. The Labute approximate surface area is 115 Å². The van der Waals surface area contributed by atoms with E-state index in [1.54, 1.807) is 0 Å². The summed E-state index contributed by atoms with van der Waals surface area (Å²) in [5.74, 6) is 0.929. The lowest BCUT2D eigenvalue weighted by atomic mass is 9.89. The van der Waals surface area contributed by atoms with E-state index >= 15 is 0 Å². The molecule has 0 amide bonds. The highest BCUT2D eigenvalue weighted by Gasteiger charge is 2.34. The van der Waals surface area contributed by atoms with Gasteiger partial charge in [-0.15, -0.1) is 0 Å². The summed E-state index contributed by atoms with van der Waals surface area (Å²) in [6, 6.07) is 8.34. The molecule has 104 valence electrons. The second-order valence-electron chi connectivity index (χ2n) is 6.48. The molecule has 19 heavy (non-hydrogen) atoms. The maximum absolute atomic E-state index is 6.45. The van der Waals surface area contributed by atoms with Crippen LogP contribution < -0.4 is 10.5 Å². The fraction of sp³-hybridized carbons (Fsp3) is 0.625. The third kappa shape index (κ3) is 2.63. The molecule has 1 saturated carbocycles. The molecule has 1 saturated heterocycles. The molecule has 1 aliphatic carbocycles. The second-order valence-corrected chi connectivity index (χ2v) is 6.48. The summed E-state index contributed by atoms with van der Waals surface area (Å²) in [5, 5.41) is 0. The molecule has 3 nitrogen and oxygen atoms in total. The average Bonchev–Trinajstić information content (AvgIpc) is 2.83. The Bertz CT molecular complexity index is 431. The smallest absolute Gasteiger partial charge is 0.119 e. The predicted octanol–water partition coefficient (Wildman–Crippen LogP) is 2.83. The van der Waals surface area contributed by atoms with Gasteiger partial charge in [-0.25, -0.2) is 0 Å². The Hall–Kier alpha value is -1.06. The number of hydrogen-bond donors (Lipinski definition) is 1. The van der Waals surface area contributed by atoms with Crippen molar-refractivity contribution in [1.82, 2.24) is 0 Å². The fourth-order valence-electron chi connectivity index (χ4n) is 2.97. The summed E-state index contributed by atoms with van der Waals surface area (Å²) in [5.41, 5.74) is 7.78. The lowest BCUT2D eigenvalue weighted by molar-refractivity contribution is -0.120. The van der Waals surface area contributed by atoms with E-state index in [4.69, 9.17) is 15.2 Å². The van der Waals surface area contributed by atoms with E-state index in [2.05, 4.69) is 19.1 Å². The Kier molecular flexibility index (Phi) is 3.27. The molecule has 0 unspecified atom stereocenters. The highest BCUT2D eigenvalue weighted by molar-refractivity contribution is 5.32. The first-order valence-electron chi connectivity index (χ1n) is 7.20. The third-order valence-corrected chi connectivity index (χ3v) is 4.41. The summed E-state index contributed by atoms with van der Waals surface area (Å²) in [4.78, 5) is 0. The third-order valence-electron chi connectivity index (χ3n) is 4.41. The van der Waals surface area contributed by atoms with Gasteiger partial charge in [-0.05, 0) is 30.5 Å². The first kappa shape index (κ1) is 12.9. The maximum Gasteiger partial charge on any atom is 0.119 e. The van der Waals surface area contributed by atoms with Crippen molar-refractivity contribution in [3.63, 3.8) is 0 Å². The molecule has 1 aliphatic heterocycles. The minimum absolute atomic E-state index is 0.105. The van der Waals surface area contributed by atoms with Gasteiger partial charge in [-0.3, -0.25) is 0 Å². The lowest BCUT2D eigenvalue weighted by Crippen LogP contribution is -2.44. The van der Waals surface area contributed by atoms with Gasteiger partial charge in [0.2, 0.25) is 0 Å². The monoisotopic (exact) mass is 261 g/mol. The molecule has 0 radical (unpaired) electrons. The SMILES string of the molecule is CC1(COc2ccc(C3(N)CCCC3)cc2)COC1. The van der Waals surface area contributed by atoms with Crippen molar-refractivity contribution in [2.45, 2.75) is 38.1 Å². The Balaban J connectivity index is 1.62. The zero-order chi connectivity index (χ0) is 13.3. The Morgan fingerprint density at radius 3 is 2.32 bits per heavy atom. The highest BCUT2D eigenvalue weighted by Crippen LogP contribution is 2.37. The van der Waals surface area contributed by atoms with Crippen LogP contribution in [0.3, 0.4) is 0 Å². The lowest BCUT2D eigenvalue weighted by Gasteiger charge is -2.37. The topological polar surface area (TPSA) is 44.5 Å². The Morgan fingerprint density at radius 1 is 1.16 bits per heavy atom. The quantitative estimate of drug-likeness (QED) is 0.906. The van der Waals surface area contributed by atoms with Gasteiger partial charge < -0.3 is 15.2 Å². The van der Waals surface area contributed by atoms with Crippen molar-refractivity contribution in [3.8, 4) is 5.75 Å². The van der Waals surface area contributed by atoms with Gasteiger partial charge >= 0.3 is 0 Å². The molecule has 2 aliphatic rings. The molecule has 0 spiro atoms. The van der Waals surface area contributed by atoms with Crippen LogP contribution in [0.4, 0.5) is 0 Å². The molecule has 3 rings (SSSR count). The summed E-state index contributed by atoms with van der Waals surface area (Å²) >= 11 is 0. The number of ether oxygens (including phenoxy) is 2. The predicted molar refractivity (Wildman–Crippen MR) is 75.2 cm³/mol. The molecule has 0 atom stereocenters. The van der Waals surface area contributed by atoms with Gasteiger partial charge in [0.15, 0.2) is 0 Å². The molecule has 1 heterocycles. The Morgan fingerprint density at radius 2 is 1.79 bits per heavy atom. The van der Waals surface area contributed by atoms with E-state index in [1.165, 1.54) is 18.4 Å². The second kappa shape index (κ2) is 4.80. The molecule has 1 aromatic rings. The zero-order valence-electron chi connectivity index (χ0n) is 11.7. The van der Waals surface area contributed by atoms with Crippen LogP contribution in [0.15, 0.2) is 24.3 Å². The van der Waals surface area contributed by atoms with Crippen LogP contribution in [0.2, 0.25) is 0 Å². The van der Waals surface area contributed by atoms with E-state index in [-0.39, 0.29) is 11.0 Å². The van der Waals surface area contributed by atoms with Crippen molar-refractivity contribution in [3.05, 3.63) is 29.8 Å². The van der Waals surface area contributed by atoms with Crippen LogP contribution in [0, 0.1) is 5.41 Å². The van der Waals surface area contributed by atoms with Crippen molar-refractivity contribution in [1.29, 1.82) is 0 Å².